The van der Waals surface area contributed by atoms with Crippen molar-refractivity contribution < 1.29 is 9.13 Å². The molecule has 0 atom stereocenters. The fourth-order valence-electron chi connectivity index (χ4n) is 0.824. The van der Waals surface area contributed by atoms with E-state index in [1.54, 1.807) is 19.1 Å². The first-order chi connectivity index (χ1) is 7.40. The molecule has 0 aliphatic carbocycles. The summed E-state index contributed by atoms with van der Waals surface area (Å²) in [5.74, 6) is -0.129. The Labute approximate surface area is 115 Å². The maximum atomic E-state index is 13.3. The Morgan fingerprint density at radius 2 is 1.88 bits per heavy atom. The molecule has 0 saturated heterocycles. The topological polar surface area (TPSA) is 12.5 Å². The minimum Gasteiger partial charge on any atom is -0.312 e. The first-order valence-electron chi connectivity index (χ1n) is 4.87. The van der Waals surface area contributed by atoms with Crippen LogP contribution in [-0.4, -0.2) is 55.2 Å². The van der Waals surface area contributed by atoms with Gasteiger partial charge in [0, 0.05) is 0 Å². The second kappa shape index (κ2) is 8.14. The summed E-state index contributed by atoms with van der Waals surface area (Å²) < 4.78 is 19.0. The van der Waals surface area contributed by atoms with E-state index in [9.17, 15) is 4.39 Å². The quantitative estimate of drug-likeness (QED) is 0.750. The third-order valence-corrected chi connectivity index (χ3v) is 2.94. The second-order valence-corrected chi connectivity index (χ2v) is 5.74. The first-order valence-corrected chi connectivity index (χ1v) is 6.89. The largest absolute Gasteiger partial charge is 0.312 e. The van der Waals surface area contributed by atoms with Gasteiger partial charge in [0.05, 0.1) is 0 Å². The number of halogens is 2. The third-order valence-electron chi connectivity index (χ3n) is 1.37. The van der Waals surface area contributed by atoms with Gasteiger partial charge in [0.1, 0.15) is 0 Å². The van der Waals surface area contributed by atoms with E-state index in [1.807, 2.05) is 26.0 Å². The number of nitrogens with zero attached hydrogens (tertiary/aromatic N) is 1. The SMILES string of the molecule is CCOc1c(Cl)cc[c]([SnH])c1F.CN(C)C. The summed E-state index contributed by atoms with van der Waals surface area (Å²) in [7, 11) is 6.00. The van der Waals surface area contributed by atoms with Gasteiger partial charge in [-0.15, -0.1) is 0 Å². The molecule has 0 fully saturated rings. The Kier molecular flexibility index (Phi) is 8.14. The van der Waals surface area contributed by atoms with Gasteiger partial charge >= 0.3 is 89.1 Å². The molecule has 2 nitrogen and oxygen atoms in total. The first kappa shape index (κ1) is 16.0. The Hall–Kier alpha value is -0.00130. The monoisotopic (exact) mass is 353 g/mol. The van der Waals surface area contributed by atoms with Crippen LogP contribution in [0.15, 0.2) is 12.1 Å². The molecule has 0 aliphatic heterocycles. The van der Waals surface area contributed by atoms with Gasteiger partial charge < -0.3 is 4.90 Å². The van der Waals surface area contributed by atoms with E-state index in [-0.39, 0.29) is 11.6 Å². The minimum atomic E-state index is -0.313. The molecule has 0 aliphatic rings. The molecule has 0 saturated carbocycles. The summed E-state index contributed by atoms with van der Waals surface area (Å²) >= 11 is 6.46. The average Bonchev–Trinajstić information content (AvgIpc) is 2.18. The average molecular weight is 352 g/mol. The van der Waals surface area contributed by atoms with Crippen molar-refractivity contribution in [2.24, 2.45) is 0 Å². The van der Waals surface area contributed by atoms with Gasteiger partial charge in [0.2, 0.25) is 0 Å². The molecule has 0 aromatic heterocycles. The summed E-state index contributed by atoms with van der Waals surface area (Å²) in [6, 6.07) is 3.35. The smallest absolute Gasteiger partial charge is 0.0140 e. The van der Waals surface area contributed by atoms with Crippen LogP contribution < -0.4 is 8.32 Å². The van der Waals surface area contributed by atoms with Crippen LogP contribution >= 0.6 is 11.6 Å². The molecule has 1 aromatic rings. The van der Waals surface area contributed by atoms with Gasteiger partial charge in [-0.2, -0.15) is 0 Å². The number of hydrogen-bond acceptors (Lipinski definition) is 2. The van der Waals surface area contributed by atoms with Gasteiger partial charge in [-0.25, -0.2) is 0 Å². The van der Waals surface area contributed by atoms with E-state index in [0.717, 1.165) is 22.5 Å². The predicted molar refractivity (Wildman–Crippen MR) is 69.0 cm³/mol. The Morgan fingerprint density at radius 1 is 1.38 bits per heavy atom. The zero-order valence-corrected chi connectivity index (χ0v) is 14.1. The van der Waals surface area contributed by atoms with Crippen LogP contribution in [0.2, 0.25) is 5.02 Å². The zero-order chi connectivity index (χ0) is 12.7. The van der Waals surface area contributed by atoms with E-state index in [4.69, 9.17) is 16.3 Å². The molecule has 5 heteroatoms. The molecule has 90 valence electrons. The summed E-state index contributed by atoms with van der Waals surface area (Å²) in [5, 5.41) is 0.340. The molecule has 0 spiro atoms. The summed E-state index contributed by atoms with van der Waals surface area (Å²) in [6.45, 7) is 2.23. The minimum absolute atomic E-state index is 0.185. The van der Waals surface area contributed by atoms with E-state index < -0.39 is 0 Å². The molecule has 1 aromatic carbocycles. The van der Waals surface area contributed by atoms with Crippen LogP contribution in [0.1, 0.15) is 6.92 Å². The van der Waals surface area contributed by atoms with Crippen LogP contribution in [0.25, 0.3) is 0 Å². The standard InChI is InChI=1S/C8H7ClFO.C3H9N.Sn.H/c1-2-11-8-6(9)4-3-5-7(8)10;1-4(2)3;;/h3-4H,2H2,1H3;1-3H3;;. The van der Waals surface area contributed by atoms with E-state index in [1.165, 1.54) is 0 Å². The van der Waals surface area contributed by atoms with Gasteiger partial charge in [-0.1, -0.05) is 0 Å². The van der Waals surface area contributed by atoms with Crippen molar-refractivity contribution in [3.05, 3.63) is 23.0 Å². The summed E-state index contributed by atoms with van der Waals surface area (Å²) in [6.07, 6.45) is 0. The number of benzene rings is 1. The van der Waals surface area contributed by atoms with Gasteiger partial charge in [-0.05, 0) is 21.1 Å². The maximum absolute atomic E-state index is 13.3. The van der Waals surface area contributed by atoms with Crippen molar-refractivity contribution in [3.63, 3.8) is 0 Å². The molecule has 0 amide bonds. The maximum Gasteiger partial charge on any atom is -0.0140 e. The number of hydrogen-bond donors (Lipinski definition) is 0. The molecule has 0 bridgehead atoms. The molecule has 0 heterocycles. The van der Waals surface area contributed by atoms with Gasteiger partial charge in [-0.3, -0.25) is 0 Å². The van der Waals surface area contributed by atoms with Crippen molar-refractivity contribution in [2.45, 2.75) is 6.92 Å². The molecule has 2 radical (unpaired) electrons. The second-order valence-electron chi connectivity index (χ2n) is 3.55. The van der Waals surface area contributed by atoms with Crippen molar-refractivity contribution in [3.8, 4) is 5.75 Å². The van der Waals surface area contributed by atoms with E-state index >= 15 is 0 Å². The Balaban J connectivity index is 0.000000487. The van der Waals surface area contributed by atoms with Crippen molar-refractivity contribution in [1.82, 2.24) is 4.90 Å². The van der Waals surface area contributed by atoms with Crippen LogP contribution in [0.3, 0.4) is 0 Å². The summed E-state index contributed by atoms with van der Waals surface area (Å²) in [5.41, 5.74) is 0. The molecule has 0 unspecified atom stereocenters. The van der Waals surface area contributed by atoms with Crippen molar-refractivity contribution in [2.75, 3.05) is 27.7 Å². The molecular weight excluding hydrogens is 335 g/mol. The Morgan fingerprint density at radius 3 is 2.31 bits per heavy atom. The van der Waals surface area contributed by atoms with Crippen molar-refractivity contribution >= 4 is 37.7 Å². The fraction of sp³-hybridized carbons (Fsp3) is 0.455. The van der Waals surface area contributed by atoms with E-state index in [0.29, 0.717) is 15.2 Å². The van der Waals surface area contributed by atoms with Gasteiger partial charge in [0.25, 0.3) is 0 Å². The number of rotatable bonds is 2. The third kappa shape index (κ3) is 5.91. The van der Waals surface area contributed by atoms with E-state index in [2.05, 4.69) is 0 Å². The van der Waals surface area contributed by atoms with Crippen molar-refractivity contribution in [1.29, 1.82) is 0 Å². The predicted octanol–water partition coefficient (Wildman–Crippen LogP) is 1.58. The van der Waals surface area contributed by atoms with Gasteiger partial charge in [0.15, 0.2) is 0 Å². The number of ether oxygens (including phenoxy) is 1. The molecular formula is C11H17ClFNOSn. The van der Waals surface area contributed by atoms with Crippen LogP contribution in [0, 0.1) is 5.82 Å². The molecule has 16 heavy (non-hydrogen) atoms. The molecule has 1 rings (SSSR count). The summed E-state index contributed by atoms with van der Waals surface area (Å²) in [4.78, 5) is 2.00. The normalized spacial score (nSPS) is 9.75. The Bertz CT molecular complexity index is 331. The fourth-order valence-corrected chi connectivity index (χ4v) is 1.67. The molecule has 0 N–H and O–H groups in total. The zero-order valence-electron chi connectivity index (χ0n) is 10.1. The van der Waals surface area contributed by atoms with Crippen LogP contribution in [0.4, 0.5) is 4.39 Å². The van der Waals surface area contributed by atoms with Crippen LogP contribution in [-0.2, 0) is 0 Å². The van der Waals surface area contributed by atoms with Crippen LogP contribution in [0.5, 0.6) is 5.75 Å².